The first-order valence-corrected chi connectivity index (χ1v) is 12.2. The molecule has 1 aromatic rings. The van der Waals surface area contributed by atoms with Gasteiger partial charge >= 0.3 is 0 Å². The molecule has 1 aliphatic carbocycles. The number of nitrogens with zero attached hydrogens (tertiary/aromatic N) is 2. The molecule has 1 saturated heterocycles. The van der Waals surface area contributed by atoms with Gasteiger partial charge in [-0.05, 0) is 37.2 Å². The summed E-state index contributed by atoms with van der Waals surface area (Å²) in [7, 11) is 0.965. The van der Waals surface area contributed by atoms with E-state index in [0.29, 0.717) is 24.2 Å². The first-order valence-electron chi connectivity index (χ1n) is 10.7. The average Bonchev–Trinajstić information content (AvgIpc) is 3.25. The van der Waals surface area contributed by atoms with Gasteiger partial charge in [0.2, 0.25) is 0 Å². The lowest BCUT2D eigenvalue weighted by Crippen LogP contribution is -2.47. The van der Waals surface area contributed by atoms with E-state index in [1.165, 1.54) is 25.7 Å². The molecule has 0 radical (unpaired) electrons. The second-order valence-corrected chi connectivity index (χ2v) is 9.49. The van der Waals surface area contributed by atoms with E-state index in [0.717, 1.165) is 50.0 Å². The molecule has 1 unspecified atom stereocenters. The summed E-state index contributed by atoms with van der Waals surface area (Å²) in [5.41, 5.74) is 1.13. The molecule has 164 valence electrons. The summed E-state index contributed by atoms with van der Waals surface area (Å²) in [4.78, 5) is 6.72. The number of ether oxygens (including phenoxy) is 1. The number of aliphatic imine (C=N–C) groups is 1. The number of hydrogen-bond donors (Lipinski definition) is 1. The van der Waals surface area contributed by atoms with Crippen LogP contribution in [0.2, 0.25) is 0 Å². The van der Waals surface area contributed by atoms with Crippen LogP contribution in [0.15, 0.2) is 35.3 Å². The van der Waals surface area contributed by atoms with Gasteiger partial charge < -0.3 is 15.0 Å². The van der Waals surface area contributed by atoms with Crippen LogP contribution < -0.4 is 5.32 Å². The normalized spacial score (nSPS) is 19.8. The molecule has 2 aliphatic rings. The summed E-state index contributed by atoms with van der Waals surface area (Å²) in [5, 5.41) is 3.39. The fraction of sp³-hybridized carbons (Fsp3) is 0.682. The Kier molecular flexibility index (Phi) is 11.5. The van der Waals surface area contributed by atoms with Crippen LogP contribution in [0.4, 0.5) is 0 Å². The Hall–Kier alpha value is -0.670. The van der Waals surface area contributed by atoms with Gasteiger partial charge in [-0.1, -0.05) is 43.2 Å². The van der Waals surface area contributed by atoms with Crippen molar-refractivity contribution in [3.63, 3.8) is 0 Å². The Morgan fingerprint density at radius 1 is 1.17 bits per heavy atom. The number of hydrogen-bond acceptors (Lipinski definition) is 3. The fourth-order valence-corrected chi connectivity index (χ4v) is 5.16. The second-order valence-electron chi connectivity index (χ2n) is 7.92. The molecule has 2 fully saturated rings. The van der Waals surface area contributed by atoms with Crippen molar-refractivity contribution in [3.05, 3.63) is 35.9 Å². The van der Waals surface area contributed by atoms with Crippen LogP contribution in [0, 0.1) is 5.92 Å². The molecular formula is C22H36IN3O2S. The third-order valence-corrected chi connectivity index (χ3v) is 7.09. The minimum Gasteiger partial charge on any atom is -0.378 e. The van der Waals surface area contributed by atoms with Gasteiger partial charge in [0.15, 0.2) is 5.96 Å². The average molecular weight is 534 g/mol. The molecule has 0 amide bonds. The molecule has 1 aliphatic heterocycles. The van der Waals surface area contributed by atoms with Gasteiger partial charge in [-0.3, -0.25) is 9.20 Å². The Bertz CT molecular complexity index is 630. The standard InChI is InChI=1S/C22H35N3O2S.HI/c1-23-22(24-13-16-28(26)18-20-9-3-2-4-10-20)25-14-11-21(12-15-25)27-17-19-7-5-6-8-19;/h2-4,9-10,19,21H,5-8,11-18H2,1H3,(H,23,24);1H. The number of likely N-dealkylation sites (tertiary alicyclic amines) is 1. The Balaban J connectivity index is 0.00000300. The third-order valence-electron chi connectivity index (χ3n) is 5.78. The van der Waals surface area contributed by atoms with Gasteiger partial charge in [-0.25, -0.2) is 0 Å². The van der Waals surface area contributed by atoms with E-state index in [9.17, 15) is 4.21 Å². The summed E-state index contributed by atoms with van der Waals surface area (Å²) < 4.78 is 18.5. The topological polar surface area (TPSA) is 53.9 Å². The number of nitrogens with one attached hydrogen (secondary N) is 1. The van der Waals surface area contributed by atoms with Crippen molar-refractivity contribution < 1.29 is 8.95 Å². The quantitative estimate of drug-likeness (QED) is 0.314. The van der Waals surface area contributed by atoms with Gasteiger partial charge in [0.25, 0.3) is 0 Å². The van der Waals surface area contributed by atoms with Crippen LogP contribution in [0.25, 0.3) is 0 Å². The van der Waals surface area contributed by atoms with Crippen LogP contribution in [-0.4, -0.2) is 60.2 Å². The summed E-state index contributed by atoms with van der Waals surface area (Å²) in [5.74, 6) is 2.97. The predicted octanol–water partition coefficient (Wildman–Crippen LogP) is 3.80. The maximum atomic E-state index is 12.3. The molecule has 1 N–H and O–H groups in total. The minimum absolute atomic E-state index is 0. The van der Waals surface area contributed by atoms with Crippen molar-refractivity contribution >= 4 is 40.7 Å². The summed E-state index contributed by atoms with van der Waals surface area (Å²) in [6.45, 7) is 3.58. The maximum Gasteiger partial charge on any atom is 0.193 e. The van der Waals surface area contributed by atoms with Crippen LogP contribution in [-0.2, 0) is 21.3 Å². The number of benzene rings is 1. The highest BCUT2D eigenvalue weighted by Crippen LogP contribution is 2.26. The number of guanidine groups is 1. The van der Waals surface area contributed by atoms with Crippen molar-refractivity contribution in [1.82, 2.24) is 10.2 Å². The molecule has 0 aromatic heterocycles. The molecule has 1 atom stereocenters. The Morgan fingerprint density at radius 3 is 2.52 bits per heavy atom. The monoisotopic (exact) mass is 533 g/mol. The van der Waals surface area contributed by atoms with E-state index in [1.54, 1.807) is 0 Å². The maximum absolute atomic E-state index is 12.3. The zero-order valence-corrected chi connectivity index (χ0v) is 20.7. The highest BCUT2D eigenvalue weighted by atomic mass is 127. The summed E-state index contributed by atoms with van der Waals surface area (Å²) >= 11 is 0. The molecule has 1 aromatic carbocycles. The molecular weight excluding hydrogens is 497 g/mol. The van der Waals surface area contributed by atoms with Crippen LogP contribution in [0.3, 0.4) is 0 Å². The molecule has 0 bridgehead atoms. The molecule has 5 nitrogen and oxygen atoms in total. The van der Waals surface area contributed by atoms with Gasteiger partial charge in [0.05, 0.1) is 6.10 Å². The first-order chi connectivity index (χ1) is 13.7. The third kappa shape index (κ3) is 8.53. The predicted molar refractivity (Wildman–Crippen MR) is 132 cm³/mol. The molecule has 1 saturated carbocycles. The molecule has 3 rings (SSSR count). The number of rotatable bonds is 8. The van der Waals surface area contributed by atoms with Crippen molar-refractivity contribution in [2.24, 2.45) is 10.9 Å². The zero-order valence-electron chi connectivity index (χ0n) is 17.6. The van der Waals surface area contributed by atoms with E-state index < -0.39 is 10.8 Å². The first kappa shape index (κ1) is 24.6. The van der Waals surface area contributed by atoms with Crippen LogP contribution in [0.5, 0.6) is 0 Å². The second kappa shape index (κ2) is 13.6. The number of halogens is 1. The van der Waals surface area contributed by atoms with Gasteiger partial charge in [0, 0.05) is 55.6 Å². The van der Waals surface area contributed by atoms with E-state index >= 15 is 0 Å². The number of piperidine rings is 1. The van der Waals surface area contributed by atoms with Gasteiger partial charge in [-0.2, -0.15) is 0 Å². The van der Waals surface area contributed by atoms with Crippen molar-refractivity contribution in [1.29, 1.82) is 0 Å². The lowest BCUT2D eigenvalue weighted by Gasteiger charge is -2.34. The van der Waals surface area contributed by atoms with Gasteiger partial charge in [-0.15, -0.1) is 24.0 Å². The SMILES string of the molecule is CN=C(NCCS(=O)Cc1ccccc1)N1CCC(OCC2CCCC2)CC1.I. The van der Waals surface area contributed by atoms with Crippen molar-refractivity contribution in [3.8, 4) is 0 Å². The highest BCUT2D eigenvalue weighted by molar-refractivity contribution is 14.0. The molecule has 29 heavy (non-hydrogen) atoms. The Labute approximate surface area is 195 Å². The summed E-state index contributed by atoms with van der Waals surface area (Å²) in [6, 6.07) is 10.0. The molecule has 1 heterocycles. The van der Waals surface area contributed by atoms with E-state index in [4.69, 9.17) is 4.74 Å². The lowest BCUT2D eigenvalue weighted by molar-refractivity contribution is 0.00104. The van der Waals surface area contributed by atoms with Crippen molar-refractivity contribution in [2.75, 3.05) is 39.0 Å². The lowest BCUT2D eigenvalue weighted by atomic mass is 10.1. The van der Waals surface area contributed by atoms with Crippen LogP contribution >= 0.6 is 24.0 Å². The molecule has 7 heteroatoms. The Morgan fingerprint density at radius 2 is 1.86 bits per heavy atom. The molecule has 0 spiro atoms. The van der Waals surface area contributed by atoms with E-state index in [1.807, 2.05) is 37.4 Å². The smallest absolute Gasteiger partial charge is 0.193 e. The van der Waals surface area contributed by atoms with E-state index in [2.05, 4.69) is 15.2 Å². The zero-order chi connectivity index (χ0) is 19.6. The van der Waals surface area contributed by atoms with Gasteiger partial charge in [0.1, 0.15) is 0 Å². The van der Waals surface area contributed by atoms with E-state index in [-0.39, 0.29) is 24.0 Å². The van der Waals surface area contributed by atoms with Crippen molar-refractivity contribution in [2.45, 2.75) is 50.4 Å². The van der Waals surface area contributed by atoms with Crippen LogP contribution in [0.1, 0.15) is 44.1 Å². The fourth-order valence-electron chi connectivity index (χ4n) is 4.12. The highest BCUT2D eigenvalue weighted by Gasteiger charge is 2.23. The summed E-state index contributed by atoms with van der Waals surface area (Å²) in [6.07, 6.45) is 7.98. The largest absolute Gasteiger partial charge is 0.378 e. The minimum atomic E-state index is -0.860.